The zero-order valence-electron chi connectivity index (χ0n) is 9.42. The average Bonchev–Trinajstić information content (AvgIpc) is 2.87. The summed E-state index contributed by atoms with van der Waals surface area (Å²) >= 11 is 1.69. The highest BCUT2D eigenvalue weighted by Crippen LogP contribution is 2.11. The highest BCUT2D eigenvalue weighted by Gasteiger charge is 2.05. The van der Waals surface area contributed by atoms with Gasteiger partial charge >= 0.3 is 0 Å². The van der Waals surface area contributed by atoms with Gasteiger partial charge in [0.05, 0.1) is 17.7 Å². The topological polar surface area (TPSA) is 55.6 Å². The Morgan fingerprint density at radius 3 is 3.06 bits per heavy atom. The van der Waals surface area contributed by atoms with Crippen molar-refractivity contribution in [2.45, 2.75) is 33.0 Å². The van der Waals surface area contributed by atoms with E-state index < -0.39 is 0 Å². The molecule has 0 amide bonds. The molecule has 1 N–H and O–H groups in total. The molecule has 5 nitrogen and oxygen atoms in total. The van der Waals surface area contributed by atoms with E-state index in [4.69, 9.17) is 0 Å². The summed E-state index contributed by atoms with van der Waals surface area (Å²) in [7, 11) is 0. The van der Waals surface area contributed by atoms with Gasteiger partial charge in [-0.3, -0.25) is 4.68 Å². The van der Waals surface area contributed by atoms with E-state index >= 15 is 0 Å². The number of rotatable bonds is 5. The zero-order chi connectivity index (χ0) is 11.4. The predicted molar refractivity (Wildman–Crippen MR) is 63.2 cm³/mol. The lowest BCUT2D eigenvalue weighted by atomic mass is 10.3. The average molecular weight is 237 g/mol. The number of hydrogen-bond acceptors (Lipinski definition) is 5. The Hall–Kier alpha value is -1.27. The quantitative estimate of drug-likeness (QED) is 0.849. The second kappa shape index (κ2) is 5.18. The standard InChI is InChI=1S/C10H15N5S/c1-8(4-15-6-11-5-14-15)12-3-10-9(2)13-7-16-10/h5-8,12H,3-4H2,1-2H3. The van der Waals surface area contributed by atoms with Crippen molar-refractivity contribution < 1.29 is 0 Å². The minimum Gasteiger partial charge on any atom is -0.307 e. The number of nitrogens with zero attached hydrogens (tertiary/aromatic N) is 4. The molecule has 0 radical (unpaired) electrons. The lowest BCUT2D eigenvalue weighted by molar-refractivity contribution is 0.451. The third-order valence-electron chi connectivity index (χ3n) is 2.38. The normalized spacial score (nSPS) is 12.9. The molecule has 86 valence electrons. The van der Waals surface area contributed by atoms with Crippen LogP contribution >= 0.6 is 11.3 Å². The van der Waals surface area contributed by atoms with Crippen LogP contribution in [0.2, 0.25) is 0 Å². The molecule has 0 bridgehead atoms. The first-order chi connectivity index (χ1) is 7.75. The molecule has 2 aromatic rings. The molecule has 0 aromatic carbocycles. The first kappa shape index (κ1) is 11.2. The Balaban J connectivity index is 1.80. The van der Waals surface area contributed by atoms with Crippen LogP contribution in [0.3, 0.4) is 0 Å². The van der Waals surface area contributed by atoms with E-state index in [9.17, 15) is 0 Å². The monoisotopic (exact) mass is 237 g/mol. The van der Waals surface area contributed by atoms with Crippen molar-refractivity contribution in [1.82, 2.24) is 25.1 Å². The van der Waals surface area contributed by atoms with Crippen molar-refractivity contribution in [3.05, 3.63) is 28.7 Å². The maximum atomic E-state index is 4.22. The maximum Gasteiger partial charge on any atom is 0.137 e. The molecule has 0 saturated heterocycles. The SMILES string of the molecule is Cc1ncsc1CNC(C)Cn1cncn1. The Labute approximate surface area is 98.5 Å². The summed E-state index contributed by atoms with van der Waals surface area (Å²) < 4.78 is 1.83. The van der Waals surface area contributed by atoms with Gasteiger partial charge in [-0.15, -0.1) is 11.3 Å². The fraction of sp³-hybridized carbons (Fsp3) is 0.500. The van der Waals surface area contributed by atoms with Gasteiger partial charge in [0.1, 0.15) is 12.7 Å². The van der Waals surface area contributed by atoms with Crippen molar-refractivity contribution in [2.75, 3.05) is 0 Å². The molecule has 0 aliphatic carbocycles. The Morgan fingerprint density at radius 1 is 1.56 bits per heavy atom. The van der Waals surface area contributed by atoms with Gasteiger partial charge in [-0.2, -0.15) is 5.10 Å². The minimum absolute atomic E-state index is 0.364. The van der Waals surface area contributed by atoms with E-state index in [2.05, 4.69) is 27.3 Å². The largest absolute Gasteiger partial charge is 0.307 e. The summed E-state index contributed by atoms with van der Waals surface area (Å²) in [6, 6.07) is 0.364. The molecule has 2 heterocycles. The smallest absolute Gasteiger partial charge is 0.137 e. The molecule has 2 aromatic heterocycles. The number of hydrogen-bond donors (Lipinski definition) is 1. The fourth-order valence-corrected chi connectivity index (χ4v) is 2.16. The second-order valence-electron chi connectivity index (χ2n) is 3.76. The van der Waals surface area contributed by atoms with Gasteiger partial charge in [0, 0.05) is 17.5 Å². The lowest BCUT2D eigenvalue weighted by Gasteiger charge is -2.12. The van der Waals surface area contributed by atoms with Crippen molar-refractivity contribution >= 4 is 11.3 Å². The molecule has 0 aliphatic rings. The van der Waals surface area contributed by atoms with E-state index in [0.29, 0.717) is 6.04 Å². The molecule has 1 unspecified atom stereocenters. The van der Waals surface area contributed by atoms with E-state index in [1.54, 1.807) is 24.0 Å². The predicted octanol–water partition coefficient (Wildman–Crippen LogP) is 1.22. The zero-order valence-corrected chi connectivity index (χ0v) is 10.2. The van der Waals surface area contributed by atoms with Gasteiger partial charge in [-0.25, -0.2) is 9.97 Å². The molecular weight excluding hydrogens is 222 g/mol. The highest BCUT2D eigenvalue weighted by atomic mass is 32.1. The summed E-state index contributed by atoms with van der Waals surface area (Å²) in [5, 5.41) is 7.52. The number of thiazole rings is 1. The fourth-order valence-electron chi connectivity index (χ4n) is 1.43. The summed E-state index contributed by atoms with van der Waals surface area (Å²) in [5.74, 6) is 0. The summed E-state index contributed by atoms with van der Waals surface area (Å²) in [4.78, 5) is 9.43. The first-order valence-corrected chi connectivity index (χ1v) is 6.08. The van der Waals surface area contributed by atoms with Gasteiger partial charge in [-0.05, 0) is 13.8 Å². The second-order valence-corrected chi connectivity index (χ2v) is 4.70. The molecular formula is C10H15N5S. The van der Waals surface area contributed by atoms with Gasteiger partial charge in [-0.1, -0.05) is 0 Å². The van der Waals surface area contributed by atoms with E-state index in [0.717, 1.165) is 18.8 Å². The van der Waals surface area contributed by atoms with Crippen LogP contribution in [-0.2, 0) is 13.1 Å². The number of aryl methyl sites for hydroxylation is 1. The number of aromatic nitrogens is 4. The Kier molecular flexibility index (Phi) is 3.63. The van der Waals surface area contributed by atoms with Gasteiger partial charge in [0.15, 0.2) is 0 Å². The first-order valence-electron chi connectivity index (χ1n) is 5.20. The highest BCUT2D eigenvalue weighted by molar-refractivity contribution is 7.09. The Bertz CT molecular complexity index is 422. The van der Waals surface area contributed by atoms with Crippen molar-refractivity contribution in [1.29, 1.82) is 0 Å². The Morgan fingerprint density at radius 2 is 2.44 bits per heavy atom. The third kappa shape index (κ3) is 2.86. The molecule has 0 spiro atoms. The maximum absolute atomic E-state index is 4.22. The van der Waals surface area contributed by atoms with Crippen LogP contribution in [0.4, 0.5) is 0 Å². The number of nitrogens with one attached hydrogen (secondary N) is 1. The van der Waals surface area contributed by atoms with E-state index in [1.807, 2.05) is 17.1 Å². The lowest BCUT2D eigenvalue weighted by Crippen LogP contribution is -2.30. The molecule has 1 atom stereocenters. The third-order valence-corrected chi connectivity index (χ3v) is 3.32. The van der Waals surface area contributed by atoms with Crippen LogP contribution in [0, 0.1) is 6.92 Å². The van der Waals surface area contributed by atoms with Crippen molar-refractivity contribution in [2.24, 2.45) is 0 Å². The van der Waals surface area contributed by atoms with Crippen LogP contribution < -0.4 is 5.32 Å². The van der Waals surface area contributed by atoms with Gasteiger partial charge < -0.3 is 5.32 Å². The summed E-state index contributed by atoms with van der Waals surface area (Å²) in [5.41, 5.74) is 3.00. The van der Waals surface area contributed by atoms with Crippen molar-refractivity contribution in [3.63, 3.8) is 0 Å². The minimum atomic E-state index is 0.364. The molecule has 6 heteroatoms. The molecule has 0 fully saturated rings. The van der Waals surface area contributed by atoms with Crippen LogP contribution in [0.25, 0.3) is 0 Å². The molecule has 0 saturated carbocycles. The van der Waals surface area contributed by atoms with Crippen LogP contribution in [0.15, 0.2) is 18.2 Å². The van der Waals surface area contributed by atoms with Gasteiger partial charge in [0.25, 0.3) is 0 Å². The van der Waals surface area contributed by atoms with E-state index in [-0.39, 0.29) is 0 Å². The summed E-state index contributed by atoms with van der Waals surface area (Å²) in [6.45, 7) is 5.87. The molecule has 0 aliphatic heterocycles. The van der Waals surface area contributed by atoms with Crippen molar-refractivity contribution in [3.8, 4) is 0 Å². The van der Waals surface area contributed by atoms with Gasteiger partial charge in [0.2, 0.25) is 0 Å². The molecule has 2 rings (SSSR count). The van der Waals surface area contributed by atoms with Crippen LogP contribution in [0.1, 0.15) is 17.5 Å². The van der Waals surface area contributed by atoms with E-state index in [1.165, 1.54) is 4.88 Å². The molecule has 16 heavy (non-hydrogen) atoms. The van der Waals surface area contributed by atoms with Crippen LogP contribution in [-0.4, -0.2) is 25.8 Å². The summed E-state index contributed by atoms with van der Waals surface area (Å²) in [6.07, 6.45) is 3.29. The van der Waals surface area contributed by atoms with Crippen LogP contribution in [0.5, 0.6) is 0 Å².